The summed E-state index contributed by atoms with van der Waals surface area (Å²) in [4.78, 5) is 1.93. The molecule has 0 saturated heterocycles. The molecule has 0 fully saturated rings. The Hall–Kier alpha value is -3.01. The van der Waals surface area contributed by atoms with Gasteiger partial charge in [-0.05, 0) is 36.7 Å². The van der Waals surface area contributed by atoms with Crippen LogP contribution in [0.3, 0.4) is 0 Å². The molecule has 0 aliphatic rings. The summed E-state index contributed by atoms with van der Waals surface area (Å²) in [6, 6.07) is 11.3. The Morgan fingerprint density at radius 2 is 1.69 bits per heavy atom. The Balaban J connectivity index is 2.21. The van der Waals surface area contributed by atoms with Crippen molar-refractivity contribution in [2.24, 2.45) is 4.52 Å². The van der Waals surface area contributed by atoms with Crippen LogP contribution in [0.5, 0.6) is 0 Å². The molecular formula is C17H11ClF3N5O2S. The predicted molar refractivity (Wildman–Crippen MR) is 100 cm³/mol. The number of alkyl halides is 3. The second kappa shape index (κ2) is 7.43. The van der Waals surface area contributed by atoms with E-state index in [0.29, 0.717) is 5.56 Å². The molecule has 0 saturated carbocycles. The van der Waals surface area contributed by atoms with Gasteiger partial charge in [-0.2, -0.15) is 18.3 Å². The highest BCUT2D eigenvalue weighted by atomic mass is 35.5. The smallest absolute Gasteiger partial charge is 0.231 e. The summed E-state index contributed by atoms with van der Waals surface area (Å²) in [5.41, 5.74) is 8.51. The summed E-state index contributed by atoms with van der Waals surface area (Å²) < 4.78 is 67.3. The van der Waals surface area contributed by atoms with Crippen LogP contribution in [-0.2, 0) is 16.2 Å². The number of aryl methyl sites for hydroxylation is 1. The minimum absolute atomic E-state index is 0.00430. The second-order valence-corrected chi connectivity index (χ2v) is 7.89. The first-order valence-corrected chi connectivity index (χ1v) is 9.71. The van der Waals surface area contributed by atoms with Gasteiger partial charge in [0.2, 0.25) is 0 Å². The van der Waals surface area contributed by atoms with E-state index >= 15 is 0 Å². The number of sulfonamides is 1. The topological polar surface area (TPSA) is 101 Å². The zero-order valence-corrected chi connectivity index (χ0v) is 16.2. The maximum absolute atomic E-state index is 13.4. The average molecular weight is 442 g/mol. The van der Waals surface area contributed by atoms with Crippen LogP contribution in [0.1, 0.15) is 11.3 Å². The summed E-state index contributed by atoms with van der Waals surface area (Å²) in [5.74, 6) is 0. The van der Waals surface area contributed by atoms with Crippen LogP contribution >= 0.6 is 11.6 Å². The first-order chi connectivity index (χ1) is 13.5. The zero-order chi connectivity index (χ0) is 21.4. The van der Waals surface area contributed by atoms with Gasteiger partial charge in [-0.25, -0.2) is 13.1 Å². The fraction of sp³-hybridized carbons (Fsp3) is 0.118. The Morgan fingerprint density at radius 3 is 2.21 bits per heavy atom. The van der Waals surface area contributed by atoms with E-state index in [0.717, 1.165) is 22.4 Å². The summed E-state index contributed by atoms with van der Waals surface area (Å²) >= 11 is 6.03. The largest absolute Gasteiger partial charge is 0.436 e. The van der Waals surface area contributed by atoms with E-state index in [-0.39, 0.29) is 16.3 Å². The SMILES string of the molecule is Cc1ccc(-c2c(Cl)c(C(F)(F)F)nn2-c2ccc(S(=O)(=O)N=[N+]=[N-])cc2)cc1. The van der Waals surface area contributed by atoms with Crippen molar-refractivity contribution in [3.05, 3.63) is 75.3 Å². The van der Waals surface area contributed by atoms with Gasteiger partial charge in [-0.15, -0.1) is 0 Å². The number of nitrogens with zero attached hydrogens (tertiary/aromatic N) is 5. The number of hydrogen-bond donors (Lipinski definition) is 0. The minimum atomic E-state index is -4.79. The Labute approximate surface area is 168 Å². The molecule has 150 valence electrons. The molecule has 1 aromatic heterocycles. The molecule has 0 spiro atoms. The lowest BCUT2D eigenvalue weighted by atomic mass is 10.1. The first kappa shape index (κ1) is 20.7. The number of hydrogen-bond acceptors (Lipinski definition) is 3. The van der Waals surface area contributed by atoms with Crippen molar-refractivity contribution < 1.29 is 21.6 Å². The van der Waals surface area contributed by atoms with Gasteiger partial charge in [-0.1, -0.05) is 41.4 Å². The molecule has 0 aliphatic carbocycles. The van der Waals surface area contributed by atoms with Crippen LogP contribution in [-0.4, -0.2) is 18.2 Å². The Bertz CT molecular complexity index is 1210. The van der Waals surface area contributed by atoms with Crippen LogP contribution < -0.4 is 0 Å². The van der Waals surface area contributed by atoms with Gasteiger partial charge in [0.15, 0.2) is 5.69 Å². The molecule has 29 heavy (non-hydrogen) atoms. The van der Waals surface area contributed by atoms with Gasteiger partial charge in [0.1, 0.15) is 0 Å². The average Bonchev–Trinajstić information content (AvgIpc) is 3.00. The van der Waals surface area contributed by atoms with Crippen LogP contribution in [0.25, 0.3) is 27.4 Å². The Kier molecular flexibility index (Phi) is 5.31. The molecule has 3 rings (SSSR count). The van der Waals surface area contributed by atoms with E-state index in [4.69, 9.17) is 17.1 Å². The van der Waals surface area contributed by atoms with Crippen LogP contribution in [0.2, 0.25) is 5.02 Å². The highest BCUT2D eigenvalue weighted by Crippen LogP contribution is 2.40. The van der Waals surface area contributed by atoms with Crippen LogP contribution in [0.4, 0.5) is 13.2 Å². The number of aromatic nitrogens is 2. The number of rotatable bonds is 4. The Morgan fingerprint density at radius 1 is 1.10 bits per heavy atom. The van der Waals surface area contributed by atoms with Crippen molar-refractivity contribution in [3.8, 4) is 16.9 Å². The highest BCUT2D eigenvalue weighted by molar-refractivity contribution is 7.90. The number of benzene rings is 2. The quantitative estimate of drug-likeness (QED) is 0.302. The molecule has 0 amide bonds. The summed E-state index contributed by atoms with van der Waals surface area (Å²) in [7, 11) is -4.23. The summed E-state index contributed by atoms with van der Waals surface area (Å²) in [6.45, 7) is 1.83. The van der Waals surface area contributed by atoms with Gasteiger partial charge in [0.05, 0.1) is 21.3 Å². The first-order valence-electron chi connectivity index (χ1n) is 7.89. The molecule has 3 aromatic rings. The van der Waals surface area contributed by atoms with Gasteiger partial charge in [0, 0.05) is 15.0 Å². The fourth-order valence-corrected chi connectivity index (χ4v) is 3.59. The van der Waals surface area contributed by atoms with Crippen molar-refractivity contribution in [1.82, 2.24) is 9.78 Å². The number of halogens is 4. The van der Waals surface area contributed by atoms with Gasteiger partial charge in [0.25, 0.3) is 10.0 Å². The molecule has 0 unspecified atom stereocenters. The third-order valence-electron chi connectivity index (χ3n) is 3.94. The molecule has 0 bridgehead atoms. The van der Waals surface area contributed by atoms with Crippen molar-refractivity contribution in [2.45, 2.75) is 18.0 Å². The minimum Gasteiger partial charge on any atom is -0.231 e. The zero-order valence-electron chi connectivity index (χ0n) is 14.6. The third-order valence-corrected chi connectivity index (χ3v) is 5.46. The van der Waals surface area contributed by atoms with Crippen molar-refractivity contribution in [1.29, 1.82) is 0 Å². The van der Waals surface area contributed by atoms with Crippen molar-refractivity contribution in [2.75, 3.05) is 0 Å². The van der Waals surface area contributed by atoms with Crippen molar-refractivity contribution >= 4 is 21.6 Å². The molecule has 1 heterocycles. The molecule has 7 nitrogen and oxygen atoms in total. The van der Waals surface area contributed by atoms with E-state index < -0.39 is 26.9 Å². The molecule has 0 atom stereocenters. The lowest BCUT2D eigenvalue weighted by Gasteiger charge is -2.09. The second-order valence-electron chi connectivity index (χ2n) is 5.93. The van der Waals surface area contributed by atoms with Crippen molar-refractivity contribution in [3.63, 3.8) is 0 Å². The van der Waals surface area contributed by atoms with E-state index in [2.05, 4.69) is 14.5 Å². The maximum Gasteiger partial charge on any atom is 0.436 e. The number of azide groups is 1. The van der Waals surface area contributed by atoms with Crippen LogP contribution in [0.15, 0.2) is 57.9 Å². The molecule has 0 N–H and O–H groups in total. The van der Waals surface area contributed by atoms with E-state index in [1.54, 1.807) is 24.3 Å². The molecule has 12 heteroatoms. The molecule has 2 aromatic carbocycles. The van der Waals surface area contributed by atoms with E-state index in [1.807, 2.05) is 6.92 Å². The van der Waals surface area contributed by atoms with Gasteiger partial charge >= 0.3 is 6.18 Å². The molecular weight excluding hydrogens is 431 g/mol. The maximum atomic E-state index is 13.4. The van der Waals surface area contributed by atoms with E-state index in [9.17, 15) is 21.6 Å². The third kappa shape index (κ3) is 4.07. The molecule has 0 aliphatic heterocycles. The van der Waals surface area contributed by atoms with Crippen LogP contribution in [0, 0.1) is 6.92 Å². The normalized spacial score (nSPS) is 11.9. The summed E-state index contributed by atoms with van der Waals surface area (Å²) in [6.07, 6.45) is -4.79. The lowest BCUT2D eigenvalue weighted by molar-refractivity contribution is -0.141. The standard InChI is InChI=1S/C17H11ClF3N5O2S/c1-10-2-4-11(5-3-10)15-14(18)16(17(19,20)21)23-26(15)12-6-8-13(9-7-12)29(27,28)25-24-22/h2-9H,1H3. The van der Waals surface area contributed by atoms with Gasteiger partial charge in [-0.3, -0.25) is 0 Å². The molecule has 0 radical (unpaired) electrons. The monoisotopic (exact) mass is 441 g/mol. The lowest BCUT2D eigenvalue weighted by Crippen LogP contribution is -2.08. The summed E-state index contributed by atoms with van der Waals surface area (Å²) in [5, 5.41) is 3.03. The van der Waals surface area contributed by atoms with E-state index in [1.165, 1.54) is 12.1 Å². The fourth-order valence-electron chi connectivity index (χ4n) is 2.58. The predicted octanol–water partition coefficient (Wildman–Crippen LogP) is 5.52. The highest BCUT2D eigenvalue weighted by Gasteiger charge is 2.39. The van der Waals surface area contributed by atoms with Gasteiger partial charge < -0.3 is 0 Å².